The van der Waals surface area contributed by atoms with E-state index >= 15 is 0 Å². The van der Waals surface area contributed by atoms with Crippen LogP contribution in [-0.2, 0) is 0 Å². The molecule has 0 radical (unpaired) electrons. The molecule has 2 fully saturated rings. The fourth-order valence-electron chi connectivity index (χ4n) is 2.71. The Kier molecular flexibility index (Phi) is 13.9. The van der Waals surface area contributed by atoms with E-state index in [1.807, 2.05) is 0 Å². The van der Waals surface area contributed by atoms with Crippen LogP contribution in [0.4, 0.5) is 4.79 Å². The van der Waals surface area contributed by atoms with E-state index in [0.717, 1.165) is 25.9 Å². The minimum atomic E-state index is -0.757. The van der Waals surface area contributed by atoms with Crippen molar-refractivity contribution in [2.45, 2.75) is 38.1 Å². The third-order valence-electron chi connectivity index (χ3n) is 3.64. The van der Waals surface area contributed by atoms with Crippen molar-refractivity contribution < 1.29 is 26.3 Å². The van der Waals surface area contributed by atoms with Crippen LogP contribution in [-0.4, -0.2) is 69.6 Å². The third kappa shape index (κ3) is 6.40. The summed E-state index contributed by atoms with van der Waals surface area (Å²) in [6.07, 6.45) is 5.29. The molecule has 118 valence electrons. The molecule has 2 rings (SSSR count). The van der Waals surface area contributed by atoms with E-state index in [9.17, 15) is 4.79 Å². The fraction of sp³-hybridized carbons (Fsp3) is 0.909. The summed E-state index contributed by atoms with van der Waals surface area (Å²) >= 11 is 0. The van der Waals surface area contributed by atoms with Crippen LogP contribution >= 0.6 is 12.4 Å². The Morgan fingerprint density at radius 2 is 1.37 bits per heavy atom. The molecule has 0 aliphatic carbocycles. The molecule has 0 aromatic carbocycles. The fourth-order valence-corrected chi connectivity index (χ4v) is 2.71. The Balaban J connectivity index is -0.000000640. The van der Waals surface area contributed by atoms with Crippen LogP contribution in [0.1, 0.15) is 32.1 Å². The highest BCUT2D eigenvalue weighted by Crippen LogP contribution is 2.20. The normalized spacial score (nSPS) is 20.1. The Bertz CT molecular complexity index is 231. The van der Waals surface area contributed by atoms with Crippen LogP contribution in [0, 0.1) is 0 Å². The van der Waals surface area contributed by atoms with Gasteiger partial charge >= 0.3 is 6.09 Å². The largest absolute Gasteiger partial charge is 0.465 e. The average Bonchev–Trinajstić information content (AvgIpc) is 2.30. The van der Waals surface area contributed by atoms with Crippen LogP contribution in [0.15, 0.2) is 0 Å². The molecule has 1 amide bonds. The summed E-state index contributed by atoms with van der Waals surface area (Å²) in [4.78, 5) is 14.8. The van der Waals surface area contributed by atoms with Crippen molar-refractivity contribution in [2.24, 2.45) is 0 Å². The Morgan fingerprint density at radius 3 is 1.79 bits per heavy atom. The van der Waals surface area contributed by atoms with Gasteiger partial charge in [0.1, 0.15) is 0 Å². The lowest BCUT2D eigenvalue weighted by Crippen LogP contribution is -2.47. The first-order valence-corrected chi connectivity index (χ1v) is 5.99. The van der Waals surface area contributed by atoms with Gasteiger partial charge in [0.2, 0.25) is 0 Å². The number of carbonyl (C=O) groups is 1. The van der Waals surface area contributed by atoms with Crippen LogP contribution in [0.3, 0.4) is 0 Å². The second kappa shape index (κ2) is 11.2. The number of carboxylic acid groups (broad SMARTS) is 1. The van der Waals surface area contributed by atoms with E-state index in [0.29, 0.717) is 6.04 Å². The molecule has 2 aliphatic heterocycles. The maximum Gasteiger partial charge on any atom is 0.407 e. The van der Waals surface area contributed by atoms with E-state index in [4.69, 9.17) is 5.11 Å². The first kappa shape index (κ1) is 23.5. The third-order valence-corrected chi connectivity index (χ3v) is 3.64. The van der Waals surface area contributed by atoms with Gasteiger partial charge in [0, 0.05) is 19.1 Å². The van der Waals surface area contributed by atoms with Gasteiger partial charge in [-0.3, -0.25) is 0 Å². The number of likely N-dealkylation sites (tertiary alicyclic amines) is 2. The molecule has 7 N–H and O–H groups in total. The quantitative estimate of drug-likeness (QED) is 0.702. The van der Waals surface area contributed by atoms with E-state index in [-0.39, 0.29) is 28.8 Å². The summed E-state index contributed by atoms with van der Waals surface area (Å²) in [5.41, 5.74) is 0. The van der Waals surface area contributed by atoms with Crippen LogP contribution in [0.25, 0.3) is 0 Å². The summed E-state index contributed by atoms with van der Waals surface area (Å²) in [6, 6.07) is 0.640. The minimum Gasteiger partial charge on any atom is -0.465 e. The minimum absolute atomic E-state index is 0. The maximum atomic E-state index is 10.7. The predicted octanol–water partition coefficient (Wildman–Crippen LogP) is -0.438. The molecule has 2 saturated heterocycles. The molecule has 7 nitrogen and oxygen atoms in total. The average molecular weight is 303 g/mol. The second-order valence-electron chi connectivity index (χ2n) is 4.60. The number of piperidine rings is 2. The number of hydrogen-bond donors (Lipinski definition) is 1. The molecule has 0 atom stereocenters. The highest BCUT2D eigenvalue weighted by atomic mass is 35.5. The van der Waals surface area contributed by atoms with E-state index in [1.54, 1.807) is 4.90 Å². The molecule has 8 heteroatoms. The number of rotatable bonds is 1. The highest BCUT2D eigenvalue weighted by Gasteiger charge is 2.27. The van der Waals surface area contributed by atoms with Gasteiger partial charge in [0.25, 0.3) is 0 Å². The van der Waals surface area contributed by atoms with Crippen molar-refractivity contribution in [1.82, 2.24) is 9.80 Å². The molecule has 19 heavy (non-hydrogen) atoms. The second-order valence-corrected chi connectivity index (χ2v) is 4.60. The summed E-state index contributed by atoms with van der Waals surface area (Å²) in [6.45, 7) is 3.88. The molecule has 0 aromatic rings. The van der Waals surface area contributed by atoms with E-state index in [2.05, 4.69) is 4.90 Å². The molecule has 2 aliphatic rings. The number of nitrogens with zero attached hydrogens (tertiary/aromatic N) is 2. The lowest BCUT2D eigenvalue weighted by molar-refractivity contribution is 0.0849. The highest BCUT2D eigenvalue weighted by molar-refractivity contribution is 5.85. The predicted molar refractivity (Wildman–Crippen MR) is 76.1 cm³/mol. The zero-order chi connectivity index (χ0) is 10.7. The van der Waals surface area contributed by atoms with Gasteiger partial charge in [-0.05, 0) is 38.8 Å². The summed E-state index contributed by atoms with van der Waals surface area (Å²) in [7, 11) is 0. The molecular weight excluding hydrogens is 276 g/mol. The molecule has 0 bridgehead atoms. The van der Waals surface area contributed by atoms with E-state index < -0.39 is 6.09 Å². The molecule has 0 saturated carbocycles. The number of halogens is 1. The first-order chi connectivity index (χ1) is 7.27. The lowest BCUT2D eigenvalue weighted by Gasteiger charge is -2.39. The van der Waals surface area contributed by atoms with Gasteiger partial charge in [0.15, 0.2) is 0 Å². The first-order valence-electron chi connectivity index (χ1n) is 5.99. The van der Waals surface area contributed by atoms with Gasteiger partial charge in [-0.15, -0.1) is 12.4 Å². The molecule has 0 spiro atoms. The molecule has 2 heterocycles. The molecular formula is C11H27ClN2O5. The Morgan fingerprint density at radius 1 is 0.895 bits per heavy atom. The summed E-state index contributed by atoms with van der Waals surface area (Å²) in [5.74, 6) is 0. The van der Waals surface area contributed by atoms with Gasteiger partial charge < -0.3 is 31.3 Å². The van der Waals surface area contributed by atoms with E-state index in [1.165, 1.54) is 32.4 Å². The van der Waals surface area contributed by atoms with Crippen LogP contribution in [0.2, 0.25) is 0 Å². The topological polar surface area (TPSA) is 138 Å². The number of amides is 1. The van der Waals surface area contributed by atoms with Crippen molar-refractivity contribution in [3.05, 3.63) is 0 Å². The van der Waals surface area contributed by atoms with Crippen LogP contribution < -0.4 is 0 Å². The maximum absolute atomic E-state index is 10.7. The summed E-state index contributed by atoms with van der Waals surface area (Å²) in [5, 5.41) is 8.85. The van der Waals surface area contributed by atoms with Crippen molar-refractivity contribution in [3.63, 3.8) is 0 Å². The van der Waals surface area contributed by atoms with Gasteiger partial charge in [-0.25, -0.2) is 4.79 Å². The van der Waals surface area contributed by atoms with Gasteiger partial charge in [-0.1, -0.05) is 6.42 Å². The lowest BCUT2D eigenvalue weighted by atomic mass is 10.0. The van der Waals surface area contributed by atoms with Crippen molar-refractivity contribution in [3.8, 4) is 0 Å². The van der Waals surface area contributed by atoms with Crippen LogP contribution in [0.5, 0.6) is 0 Å². The smallest absolute Gasteiger partial charge is 0.407 e. The summed E-state index contributed by atoms with van der Waals surface area (Å²) < 4.78 is 0. The van der Waals surface area contributed by atoms with Crippen molar-refractivity contribution >= 4 is 18.5 Å². The molecule has 0 aromatic heterocycles. The number of hydrogen-bond acceptors (Lipinski definition) is 2. The van der Waals surface area contributed by atoms with Gasteiger partial charge in [0.05, 0.1) is 0 Å². The zero-order valence-electron chi connectivity index (χ0n) is 11.1. The monoisotopic (exact) mass is 302 g/mol. The van der Waals surface area contributed by atoms with Crippen molar-refractivity contribution in [1.29, 1.82) is 0 Å². The van der Waals surface area contributed by atoms with Crippen molar-refractivity contribution in [2.75, 3.05) is 26.2 Å². The van der Waals surface area contributed by atoms with Gasteiger partial charge in [-0.2, -0.15) is 0 Å². The Labute approximate surface area is 119 Å². The molecule has 0 unspecified atom stereocenters. The zero-order valence-corrected chi connectivity index (χ0v) is 11.9. The SMILES string of the molecule is Cl.O.O.O.O=C(O)N1CCC(N2CCCCC2)CC1. The standard InChI is InChI=1S/C11H20N2O2.ClH.3H2O/c14-11(15)13-8-4-10(5-9-13)12-6-2-1-3-7-12;;;;/h10H,1-9H2,(H,14,15);1H;3*1H2. The Hall–Kier alpha value is -0.600.